The largest absolute Gasteiger partial charge is 0.496 e. The first-order valence-corrected chi connectivity index (χ1v) is 22.4. The summed E-state index contributed by atoms with van der Waals surface area (Å²) in [5, 5.41) is 11.0. The van der Waals surface area contributed by atoms with Crippen molar-refractivity contribution < 1.29 is 36.9 Å². The number of rotatable bonds is 11. The molecule has 0 bridgehead atoms. The second kappa shape index (κ2) is 15.0. The van der Waals surface area contributed by atoms with Crippen LogP contribution in [0.15, 0.2) is 82.5 Å². The van der Waals surface area contributed by atoms with E-state index in [0.717, 1.165) is 86.9 Å². The van der Waals surface area contributed by atoms with Crippen LogP contribution in [0.4, 0.5) is 17.2 Å². The summed E-state index contributed by atoms with van der Waals surface area (Å²) in [5.41, 5.74) is 3.77. The first-order chi connectivity index (χ1) is 29.8. The third-order valence-electron chi connectivity index (χ3n) is 13.4. The molecule has 5 aliphatic heterocycles. The molecule has 4 amide bonds. The molecule has 3 aromatic carbocycles. The van der Waals surface area contributed by atoms with Crippen LogP contribution in [0.25, 0.3) is 11.0 Å². The molecule has 10 rings (SSSR count). The number of ether oxygens (including phenoxy) is 1. The van der Waals surface area contributed by atoms with E-state index in [1.165, 1.54) is 7.11 Å². The lowest BCUT2D eigenvalue weighted by Crippen LogP contribution is -2.61. The van der Waals surface area contributed by atoms with Gasteiger partial charge in [0.2, 0.25) is 11.8 Å². The number of sulfonamides is 1. The number of nitrogens with one attached hydrogen (secondary N) is 2. The Morgan fingerprint density at radius 2 is 1.69 bits per heavy atom. The van der Waals surface area contributed by atoms with Gasteiger partial charge in [0.1, 0.15) is 17.2 Å². The summed E-state index contributed by atoms with van der Waals surface area (Å²) in [7, 11) is -2.50. The predicted molar refractivity (Wildman–Crippen MR) is 228 cm³/mol. The summed E-state index contributed by atoms with van der Waals surface area (Å²) >= 11 is 0. The van der Waals surface area contributed by atoms with E-state index in [1.54, 1.807) is 47.3 Å². The van der Waals surface area contributed by atoms with Gasteiger partial charge >= 0.3 is 0 Å². The van der Waals surface area contributed by atoms with Gasteiger partial charge in [0, 0.05) is 68.3 Å². The Labute approximate surface area is 358 Å². The van der Waals surface area contributed by atoms with Gasteiger partial charge in [-0.15, -0.1) is 0 Å². The number of fused-ring (bicyclic) bond motifs is 2. The molecule has 17 nitrogen and oxygen atoms in total. The topological polar surface area (TPSA) is 193 Å². The Morgan fingerprint density at radius 1 is 0.903 bits per heavy atom. The smallest absolute Gasteiger partial charge is 0.263 e. The van der Waals surface area contributed by atoms with Crippen LogP contribution in [0.5, 0.6) is 5.75 Å². The highest BCUT2D eigenvalue weighted by Gasteiger charge is 2.47. The van der Waals surface area contributed by atoms with Gasteiger partial charge in [0.05, 0.1) is 29.7 Å². The second-order valence-electron chi connectivity index (χ2n) is 17.8. The molecular formula is C44H47N9O8S. The van der Waals surface area contributed by atoms with Crippen molar-refractivity contribution in [1.82, 2.24) is 30.1 Å². The molecule has 5 aromatic rings. The fourth-order valence-corrected chi connectivity index (χ4v) is 11.1. The maximum atomic E-state index is 13.7. The summed E-state index contributed by atoms with van der Waals surface area (Å²) < 4.78 is 43.1. The molecule has 0 radical (unpaired) electrons. The number of carbonyl (C=O) groups is 4. The molecule has 4 fully saturated rings. The summed E-state index contributed by atoms with van der Waals surface area (Å²) in [6.07, 6.45) is 6.84. The van der Waals surface area contributed by atoms with Crippen molar-refractivity contribution in [1.29, 1.82) is 0 Å². The minimum absolute atomic E-state index is 0.0285. The van der Waals surface area contributed by atoms with Crippen LogP contribution >= 0.6 is 0 Å². The minimum Gasteiger partial charge on any atom is -0.496 e. The minimum atomic E-state index is -4.02. The fourth-order valence-electron chi connectivity index (χ4n) is 10.0. The maximum absolute atomic E-state index is 13.7. The molecule has 2 N–H and O–H groups in total. The number of carbonyl (C=O) groups excluding carboxylic acids is 4. The standard InChI is InChI=1S/C44H47N9O8S/c1-43(11-18-50(25-43)30-7-8-32-33(22-30)42(57)53(41(32)56)34-9-10-37(54)46-40(34)55)24-49-16-12-44(13-17-49)26-51(27-44)29-5-3-6-31(21-29)62(58,59)48-39-38-35(60-2)19-28(20-36(38)61-47-39)23-52-15-4-14-45-52/h3-8,14-15,19-22,34H,9-13,16-18,23-27H2,1-2H3,(H,47,48)(H,46,54,55). The second-order valence-corrected chi connectivity index (χ2v) is 19.5. The van der Waals surface area contributed by atoms with Crippen molar-refractivity contribution in [3.8, 4) is 5.75 Å². The number of amides is 4. The maximum Gasteiger partial charge on any atom is 0.263 e. The monoisotopic (exact) mass is 861 g/mol. The highest BCUT2D eigenvalue weighted by atomic mass is 32.2. The van der Waals surface area contributed by atoms with Crippen molar-refractivity contribution in [2.75, 3.05) is 67.4 Å². The number of hydrogen-bond acceptors (Lipinski definition) is 13. The molecule has 322 valence electrons. The summed E-state index contributed by atoms with van der Waals surface area (Å²) in [6.45, 7) is 9.04. The zero-order chi connectivity index (χ0) is 43.0. The number of hydrogen-bond donors (Lipinski definition) is 2. The SMILES string of the molecule is COc1cc(Cn2cccn2)cc2onc(NS(=O)(=O)c3cccc(N4CC5(CCN(CC6(C)CCN(c7ccc8c(c7)C(=O)N(C7CCC(=O)NC7=O)C8=O)C6)CC5)C4)c3)c12. The van der Waals surface area contributed by atoms with Crippen LogP contribution in [-0.2, 0) is 26.2 Å². The number of nitrogens with zero attached hydrogens (tertiary/aromatic N) is 7. The Balaban J connectivity index is 0.735. The molecular weight excluding hydrogens is 815 g/mol. The van der Waals surface area contributed by atoms with Crippen molar-refractivity contribution >= 4 is 61.8 Å². The zero-order valence-electron chi connectivity index (χ0n) is 34.5. The molecule has 18 heteroatoms. The molecule has 0 saturated carbocycles. The van der Waals surface area contributed by atoms with E-state index in [4.69, 9.17) is 9.26 Å². The van der Waals surface area contributed by atoms with Crippen molar-refractivity contribution in [2.45, 2.75) is 56.5 Å². The van der Waals surface area contributed by atoms with E-state index < -0.39 is 39.7 Å². The summed E-state index contributed by atoms with van der Waals surface area (Å²) in [6, 6.07) is 16.8. The van der Waals surface area contributed by atoms with E-state index in [9.17, 15) is 27.6 Å². The average molecular weight is 862 g/mol. The Bertz CT molecular complexity index is 2740. The number of anilines is 3. The fraction of sp³-hybridized carbons (Fsp3) is 0.409. The number of piperidine rings is 2. The summed E-state index contributed by atoms with van der Waals surface area (Å²) in [4.78, 5) is 59.1. The number of benzene rings is 3. The highest BCUT2D eigenvalue weighted by molar-refractivity contribution is 7.92. The van der Waals surface area contributed by atoms with E-state index in [2.05, 4.69) is 41.9 Å². The first-order valence-electron chi connectivity index (χ1n) is 20.9. The van der Waals surface area contributed by atoms with Gasteiger partial charge in [-0.3, -0.25) is 38.8 Å². The van der Waals surface area contributed by atoms with E-state index in [-0.39, 0.29) is 39.9 Å². The van der Waals surface area contributed by atoms with Crippen LogP contribution in [0, 0.1) is 10.8 Å². The third kappa shape index (κ3) is 7.13. The van der Waals surface area contributed by atoms with E-state index in [0.29, 0.717) is 28.8 Å². The number of methoxy groups -OCH3 is 1. The Morgan fingerprint density at radius 3 is 2.45 bits per heavy atom. The molecule has 62 heavy (non-hydrogen) atoms. The normalized spacial score (nSPS) is 22.7. The van der Waals surface area contributed by atoms with Gasteiger partial charge < -0.3 is 24.0 Å². The van der Waals surface area contributed by atoms with Crippen molar-refractivity contribution in [2.24, 2.45) is 10.8 Å². The van der Waals surface area contributed by atoms with Crippen LogP contribution in [0.2, 0.25) is 0 Å². The quantitative estimate of drug-likeness (QED) is 0.181. The first kappa shape index (κ1) is 39.8. The van der Waals surface area contributed by atoms with Crippen LogP contribution < -0.4 is 24.6 Å². The van der Waals surface area contributed by atoms with Gasteiger partial charge in [0.25, 0.3) is 21.8 Å². The van der Waals surface area contributed by atoms with Gasteiger partial charge in [0.15, 0.2) is 11.4 Å². The lowest BCUT2D eigenvalue weighted by Gasteiger charge is -2.55. The molecule has 0 aliphatic carbocycles. The predicted octanol–water partition coefficient (Wildman–Crippen LogP) is 4.10. The molecule has 2 aromatic heterocycles. The third-order valence-corrected chi connectivity index (χ3v) is 14.7. The Hall–Kier alpha value is -6.27. The van der Waals surface area contributed by atoms with Crippen LogP contribution in [0.1, 0.15) is 65.3 Å². The number of imide groups is 2. The molecule has 1 spiro atoms. The van der Waals surface area contributed by atoms with E-state index in [1.807, 2.05) is 30.5 Å². The van der Waals surface area contributed by atoms with Gasteiger partial charge in [-0.05, 0) is 104 Å². The van der Waals surface area contributed by atoms with E-state index >= 15 is 0 Å². The van der Waals surface area contributed by atoms with Crippen molar-refractivity contribution in [3.63, 3.8) is 0 Å². The molecule has 7 heterocycles. The molecule has 4 saturated heterocycles. The molecule has 2 unspecified atom stereocenters. The Kier molecular flexibility index (Phi) is 9.62. The molecule has 5 aliphatic rings. The van der Waals surface area contributed by atoms with Crippen LogP contribution in [0.3, 0.4) is 0 Å². The lowest BCUT2D eigenvalue weighted by molar-refractivity contribution is -0.136. The molecule has 2 atom stereocenters. The van der Waals surface area contributed by atoms with Crippen LogP contribution in [-0.4, -0.2) is 116 Å². The van der Waals surface area contributed by atoms with Gasteiger partial charge in [-0.25, -0.2) is 8.42 Å². The average Bonchev–Trinajstić information content (AvgIpc) is 4.05. The van der Waals surface area contributed by atoms with Gasteiger partial charge in [-0.2, -0.15) is 5.10 Å². The van der Waals surface area contributed by atoms with Crippen molar-refractivity contribution in [3.05, 3.63) is 89.7 Å². The number of likely N-dealkylation sites (tertiary alicyclic amines) is 1. The summed E-state index contributed by atoms with van der Waals surface area (Å²) in [5.74, 6) is -1.52. The highest BCUT2D eigenvalue weighted by Crippen LogP contribution is 2.45. The van der Waals surface area contributed by atoms with Gasteiger partial charge in [-0.1, -0.05) is 18.1 Å². The lowest BCUT2D eigenvalue weighted by atomic mass is 9.71. The number of aromatic nitrogens is 3. The zero-order valence-corrected chi connectivity index (χ0v) is 35.3.